The van der Waals surface area contributed by atoms with E-state index < -0.39 is 10.0 Å². The number of amides is 1. The molecule has 0 radical (unpaired) electrons. The van der Waals surface area contributed by atoms with Crippen molar-refractivity contribution in [1.29, 1.82) is 0 Å². The van der Waals surface area contributed by atoms with Gasteiger partial charge in [0, 0.05) is 32.0 Å². The fourth-order valence-electron chi connectivity index (χ4n) is 2.94. The third-order valence-corrected chi connectivity index (χ3v) is 7.56. The maximum Gasteiger partial charge on any atom is 0.253 e. The largest absolute Gasteiger partial charge is 0.377 e. The van der Waals surface area contributed by atoms with Gasteiger partial charge in [-0.15, -0.1) is 11.3 Å². The molecule has 0 saturated heterocycles. The molecule has 0 N–H and O–H groups in total. The Balaban J connectivity index is 2.00. The zero-order valence-corrected chi connectivity index (χ0v) is 15.7. The van der Waals surface area contributed by atoms with Crippen LogP contribution in [0.1, 0.15) is 18.1 Å². The van der Waals surface area contributed by atoms with E-state index in [0.717, 1.165) is 22.6 Å². The first-order valence-corrected chi connectivity index (χ1v) is 10.2. The molecule has 8 heteroatoms. The first kappa shape index (κ1) is 18.1. The summed E-state index contributed by atoms with van der Waals surface area (Å²) in [4.78, 5) is 14.2. The van der Waals surface area contributed by atoms with Gasteiger partial charge in [0.25, 0.3) is 10.0 Å². The van der Waals surface area contributed by atoms with Crippen molar-refractivity contribution < 1.29 is 17.9 Å². The summed E-state index contributed by atoms with van der Waals surface area (Å²) < 4.78 is 32.8. The van der Waals surface area contributed by atoms with E-state index in [1.807, 2.05) is 24.3 Å². The number of carbonyl (C=O) groups excluding carboxylic acids is 1. The van der Waals surface area contributed by atoms with Gasteiger partial charge in [0.05, 0.1) is 12.6 Å². The van der Waals surface area contributed by atoms with E-state index in [-0.39, 0.29) is 29.3 Å². The van der Waals surface area contributed by atoms with Gasteiger partial charge in [0.2, 0.25) is 5.91 Å². The van der Waals surface area contributed by atoms with Gasteiger partial charge in [-0.25, -0.2) is 8.42 Å². The molecular formula is C17H20N2O4S2. The Morgan fingerprint density at radius 2 is 1.96 bits per heavy atom. The van der Waals surface area contributed by atoms with Crippen LogP contribution < -0.4 is 4.90 Å². The molecule has 134 valence electrons. The molecule has 0 aliphatic carbocycles. The zero-order valence-electron chi connectivity index (χ0n) is 14.1. The Morgan fingerprint density at radius 1 is 1.20 bits per heavy atom. The Kier molecular flexibility index (Phi) is 5.24. The number of hydrogen-bond acceptors (Lipinski definition) is 5. The monoisotopic (exact) mass is 380 g/mol. The van der Waals surface area contributed by atoms with Crippen molar-refractivity contribution in [2.24, 2.45) is 0 Å². The molecule has 1 unspecified atom stereocenters. The number of thiophene rings is 1. The number of likely N-dealkylation sites (N-methyl/N-ethyl adjacent to an activating group) is 1. The summed E-state index contributed by atoms with van der Waals surface area (Å²) in [5, 5.41) is 1.71. The molecule has 2 aromatic rings. The van der Waals surface area contributed by atoms with E-state index >= 15 is 0 Å². The third kappa shape index (κ3) is 3.48. The highest BCUT2D eigenvalue weighted by atomic mass is 32.2. The fraction of sp³-hybridized carbons (Fsp3) is 0.353. The van der Waals surface area contributed by atoms with Crippen molar-refractivity contribution in [3.8, 4) is 0 Å². The van der Waals surface area contributed by atoms with Crippen LogP contribution in [0.5, 0.6) is 0 Å². The highest BCUT2D eigenvalue weighted by Crippen LogP contribution is 2.32. The Morgan fingerprint density at radius 3 is 2.64 bits per heavy atom. The van der Waals surface area contributed by atoms with Gasteiger partial charge in [-0.2, -0.15) is 4.31 Å². The van der Waals surface area contributed by atoms with Crippen molar-refractivity contribution in [3.63, 3.8) is 0 Å². The summed E-state index contributed by atoms with van der Waals surface area (Å²) in [6.07, 6.45) is 0.185. The van der Waals surface area contributed by atoms with Gasteiger partial charge < -0.3 is 9.64 Å². The average Bonchev–Trinajstić information content (AvgIpc) is 3.16. The van der Waals surface area contributed by atoms with Crippen LogP contribution in [0.15, 0.2) is 46.0 Å². The number of ether oxygens (including phenoxy) is 1. The number of rotatable bonds is 3. The van der Waals surface area contributed by atoms with E-state index in [9.17, 15) is 13.2 Å². The lowest BCUT2D eigenvalue weighted by atomic mass is 10.0. The van der Waals surface area contributed by atoms with E-state index in [2.05, 4.69) is 0 Å². The second kappa shape index (κ2) is 7.25. The molecule has 1 amide bonds. The van der Waals surface area contributed by atoms with Gasteiger partial charge in [-0.05, 0) is 23.9 Å². The molecule has 6 nitrogen and oxygen atoms in total. The molecule has 1 aliphatic heterocycles. The minimum absolute atomic E-state index is 0.193. The third-order valence-electron chi connectivity index (χ3n) is 4.35. The van der Waals surface area contributed by atoms with E-state index in [1.54, 1.807) is 31.7 Å². The lowest BCUT2D eigenvalue weighted by Crippen LogP contribution is -2.41. The molecule has 0 spiro atoms. The Labute approximate surface area is 151 Å². The van der Waals surface area contributed by atoms with Gasteiger partial charge in [0.1, 0.15) is 4.21 Å². The molecule has 1 atom stereocenters. The highest BCUT2D eigenvalue weighted by molar-refractivity contribution is 7.91. The number of methoxy groups -OCH3 is 1. The highest BCUT2D eigenvalue weighted by Gasteiger charge is 2.32. The van der Waals surface area contributed by atoms with Crippen molar-refractivity contribution in [2.75, 3.05) is 32.1 Å². The van der Waals surface area contributed by atoms with E-state index in [1.165, 1.54) is 9.21 Å². The Bertz CT molecular complexity index is 849. The molecule has 0 saturated carbocycles. The van der Waals surface area contributed by atoms with Crippen LogP contribution in [0.25, 0.3) is 0 Å². The minimum Gasteiger partial charge on any atom is -0.377 e. The predicted octanol–water partition coefficient (Wildman–Crippen LogP) is 2.49. The lowest BCUT2D eigenvalue weighted by molar-refractivity contribution is -0.118. The molecule has 2 heterocycles. The first-order chi connectivity index (χ1) is 11.9. The maximum atomic E-state index is 12.9. The van der Waals surface area contributed by atoms with E-state index in [0.29, 0.717) is 6.42 Å². The van der Waals surface area contributed by atoms with Gasteiger partial charge in [-0.3, -0.25) is 4.79 Å². The van der Waals surface area contributed by atoms with Crippen LogP contribution in [-0.2, 0) is 19.6 Å². The van der Waals surface area contributed by atoms with Crippen molar-refractivity contribution in [3.05, 3.63) is 47.3 Å². The summed E-state index contributed by atoms with van der Waals surface area (Å²) >= 11 is 1.15. The molecule has 0 fully saturated rings. The topological polar surface area (TPSA) is 66.9 Å². The number of hydrogen-bond donors (Lipinski definition) is 0. The number of sulfonamides is 1. The molecular weight excluding hydrogens is 360 g/mol. The van der Waals surface area contributed by atoms with Gasteiger partial charge in [-0.1, -0.05) is 24.3 Å². The van der Waals surface area contributed by atoms with Crippen LogP contribution in [0.2, 0.25) is 0 Å². The second-order valence-corrected chi connectivity index (χ2v) is 8.91. The lowest BCUT2D eigenvalue weighted by Gasteiger charge is -2.23. The molecule has 3 rings (SSSR count). The van der Waals surface area contributed by atoms with Gasteiger partial charge in [0.15, 0.2) is 0 Å². The molecule has 1 aliphatic rings. The summed E-state index contributed by atoms with van der Waals surface area (Å²) in [5.41, 5.74) is 1.63. The standard InChI is InChI=1S/C17H20N2O4S2/c1-18-14-7-4-3-6-13(14)15(23-2)9-10-19(12-16(18)20)25(21,22)17-8-5-11-24-17/h3-8,11,15H,9-10,12H2,1-2H3. The predicted molar refractivity (Wildman–Crippen MR) is 97.3 cm³/mol. The second-order valence-electron chi connectivity index (χ2n) is 5.80. The number of para-hydroxylation sites is 1. The number of nitrogens with zero attached hydrogens (tertiary/aromatic N) is 2. The summed E-state index contributed by atoms with van der Waals surface area (Å²) in [6.45, 7) is 0.0220. The summed E-state index contributed by atoms with van der Waals surface area (Å²) in [6, 6.07) is 10.8. The van der Waals surface area contributed by atoms with Gasteiger partial charge >= 0.3 is 0 Å². The van der Waals surface area contributed by atoms with E-state index in [4.69, 9.17) is 4.74 Å². The normalized spacial score (nSPS) is 19.8. The molecule has 1 aromatic carbocycles. The quantitative estimate of drug-likeness (QED) is 0.821. The Hall–Kier alpha value is -1.74. The number of anilines is 1. The number of benzene rings is 1. The first-order valence-electron chi connectivity index (χ1n) is 7.87. The number of fused-ring (bicyclic) bond motifs is 1. The SMILES string of the molecule is COC1CCN(S(=O)(=O)c2cccs2)CC(=O)N(C)c2ccccc21. The summed E-state index contributed by atoms with van der Waals surface area (Å²) in [5.74, 6) is -0.274. The van der Waals surface area contributed by atoms with Crippen LogP contribution in [-0.4, -0.2) is 45.9 Å². The smallest absolute Gasteiger partial charge is 0.253 e. The maximum absolute atomic E-state index is 12.9. The van der Waals surface area contributed by atoms with Crippen LogP contribution >= 0.6 is 11.3 Å². The van der Waals surface area contributed by atoms with Crippen LogP contribution in [0.3, 0.4) is 0 Å². The van der Waals surface area contributed by atoms with Crippen LogP contribution in [0, 0.1) is 0 Å². The molecule has 1 aromatic heterocycles. The molecule has 25 heavy (non-hydrogen) atoms. The number of carbonyl (C=O) groups is 1. The van der Waals surface area contributed by atoms with Crippen LogP contribution in [0.4, 0.5) is 5.69 Å². The fourth-order valence-corrected chi connectivity index (χ4v) is 5.49. The molecule has 0 bridgehead atoms. The van der Waals surface area contributed by atoms with Crippen molar-refractivity contribution >= 4 is 33.0 Å². The van der Waals surface area contributed by atoms with Crippen molar-refractivity contribution in [1.82, 2.24) is 4.31 Å². The average molecular weight is 380 g/mol. The zero-order chi connectivity index (χ0) is 18.0. The summed E-state index contributed by atoms with van der Waals surface area (Å²) in [7, 11) is -0.443. The minimum atomic E-state index is -3.70. The van der Waals surface area contributed by atoms with Crippen molar-refractivity contribution in [2.45, 2.75) is 16.7 Å².